The molecular formula is C8H18N2O. The van der Waals surface area contributed by atoms with E-state index in [2.05, 4.69) is 5.32 Å². The summed E-state index contributed by atoms with van der Waals surface area (Å²) in [4.78, 5) is 12.2. The van der Waals surface area contributed by atoms with E-state index in [0.29, 0.717) is 6.04 Å². The predicted molar refractivity (Wildman–Crippen MR) is 46.4 cm³/mol. The van der Waals surface area contributed by atoms with E-state index in [0.717, 1.165) is 25.9 Å². The molecule has 0 aromatic carbocycles. The van der Waals surface area contributed by atoms with Gasteiger partial charge in [-0.3, -0.25) is 4.79 Å². The summed E-state index contributed by atoms with van der Waals surface area (Å²) in [5.41, 5.74) is 0. The van der Waals surface area contributed by atoms with Gasteiger partial charge in [-0.25, -0.2) is 0 Å². The maximum atomic E-state index is 10.4. The molecule has 0 bridgehead atoms. The third kappa shape index (κ3) is 4.79. The molecule has 0 aliphatic carbocycles. The van der Waals surface area contributed by atoms with Crippen LogP contribution in [0.3, 0.4) is 0 Å². The van der Waals surface area contributed by atoms with Gasteiger partial charge < -0.3 is 10.2 Å². The minimum atomic E-state index is 0.323. The van der Waals surface area contributed by atoms with E-state index in [4.69, 9.17) is 0 Å². The van der Waals surface area contributed by atoms with Crippen molar-refractivity contribution in [2.45, 2.75) is 26.3 Å². The monoisotopic (exact) mass is 158 g/mol. The van der Waals surface area contributed by atoms with Gasteiger partial charge in [-0.1, -0.05) is 0 Å². The lowest BCUT2D eigenvalue weighted by molar-refractivity contribution is -0.119. The van der Waals surface area contributed by atoms with E-state index in [1.165, 1.54) is 0 Å². The molecule has 66 valence electrons. The van der Waals surface area contributed by atoms with Gasteiger partial charge in [0.05, 0.1) is 0 Å². The second kappa shape index (κ2) is 6.16. The quantitative estimate of drug-likeness (QED) is 0.450. The standard InChI is InChI=1S/C8H18N2O/c1-8(2)10(7-11)6-4-5-9-3/h7-9H,4-6H2,1-3H3. The Morgan fingerprint density at radius 1 is 1.55 bits per heavy atom. The molecule has 0 atom stereocenters. The average Bonchev–Trinajstić information content (AvgIpc) is 1.97. The van der Waals surface area contributed by atoms with E-state index >= 15 is 0 Å². The van der Waals surface area contributed by atoms with Crippen LogP contribution in [0.2, 0.25) is 0 Å². The van der Waals surface area contributed by atoms with Crippen molar-refractivity contribution in [3.8, 4) is 0 Å². The SMILES string of the molecule is CNCCCN(C=O)C(C)C. The molecule has 0 rings (SSSR count). The Hall–Kier alpha value is -0.570. The zero-order valence-electron chi connectivity index (χ0n) is 7.63. The molecule has 3 nitrogen and oxygen atoms in total. The molecule has 0 aliphatic heterocycles. The lowest BCUT2D eigenvalue weighted by atomic mass is 10.3. The Morgan fingerprint density at radius 2 is 2.18 bits per heavy atom. The summed E-state index contributed by atoms with van der Waals surface area (Å²) in [6.45, 7) is 5.86. The van der Waals surface area contributed by atoms with Crippen molar-refractivity contribution in [1.29, 1.82) is 0 Å². The molecule has 11 heavy (non-hydrogen) atoms. The van der Waals surface area contributed by atoms with Crippen LogP contribution in [0.25, 0.3) is 0 Å². The largest absolute Gasteiger partial charge is 0.343 e. The van der Waals surface area contributed by atoms with E-state index in [1.54, 1.807) is 4.90 Å². The minimum absolute atomic E-state index is 0.323. The van der Waals surface area contributed by atoms with Crippen LogP contribution in [-0.2, 0) is 4.79 Å². The van der Waals surface area contributed by atoms with Crippen molar-refractivity contribution in [3.63, 3.8) is 0 Å². The summed E-state index contributed by atoms with van der Waals surface area (Å²) in [5.74, 6) is 0. The van der Waals surface area contributed by atoms with Crippen LogP contribution in [0.5, 0.6) is 0 Å². The predicted octanol–water partition coefficient (Wildman–Crippen LogP) is 0.463. The highest BCUT2D eigenvalue weighted by molar-refractivity contribution is 5.47. The number of nitrogens with one attached hydrogen (secondary N) is 1. The molecule has 0 spiro atoms. The number of rotatable bonds is 6. The number of hydrogen-bond acceptors (Lipinski definition) is 2. The molecule has 3 heteroatoms. The first-order valence-electron chi connectivity index (χ1n) is 4.08. The molecule has 0 aromatic rings. The fraction of sp³-hybridized carbons (Fsp3) is 0.875. The Balaban J connectivity index is 3.44. The van der Waals surface area contributed by atoms with Gasteiger partial charge in [0, 0.05) is 12.6 Å². The maximum absolute atomic E-state index is 10.4. The summed E-state index contributed by atoms with van der Waals surface area (Å²) in [7, 11) is 1.92. The summed E-state index contributed by atoms with van der Waals surface area (Å²) in [5, 5.41) is 3.04. The lowest BCUT2D eigenvalue weighted by Crippen LogP contribution is -2.31. The van der Waals surface area contributed by atoms with Crippen LogP contribution in [0.1, 0.15) is 20.3 Å². The molecule has 0 fully saturated rings. The second-order valence-corrected chi connectivity index (χ2v) is 2.89. The first-order valence-corrected chi connectivity index (χ1v) is 4.08. The van der Waals surface area contributed by atoms with E-state index in [1.807, 2.05) is 20.9 Å². The lowest BCUT2D eigenvalue weighted by Gasteiger charge is -2.21. The number of hydrogen-bond donors (Lipinski definition) is 1. The van der Waals surface area contributed by atoms with Crippen LogP contribution < -0.4 is 5.32 Å². The van der Waals surface area contributed by atoms with Crippen LogP contribution in [0, 0.1) is 0 Å². The Morgan fingerprint density at radius 3 is 2.55 bits per heavy atom. The topological polar surface area (TPSA) is 32.3 Å². The van der Waals surface area contributed by atoms with Gasteiger partial charge in [0.2, 0.25) is 6.41 Å². The van der Waals surface area contributed by atoms with Crippen molar-refractivity contribution in [2.24, 2.45) is 0 Å². The Labute approximate surface area is 68.8 Å². The van der Waals surface area contributed by atoms with Crippen molar-refractivity contribution in [3.05, 3.63) is 0 Å². The molecule has 0 saturated heterocycles. The van der Waals surface area contributed by atoms with Gasteiger partial charge in [-0.15, -0.1) is 0 Å². The van der Waals surface area contributed by atoms with Crippen molar-refractivity contribution < 1.29 is 4.79 Å². The average molecular weight is 158 g/mol. The molecule has 0 aromatic heterocycles. The highest BCUT2D eigenvalue weighted by atomic mass is 16.1. The van der Waals surface area contributed by atoms with Gasteiger partial charge in [0.1, 0.15) is 0 Å². The number of amides is 1. The zero-order valence-corrected chi connectivity index (χ0v) is 7.63. The van der Waals surface area contributed by atoms with E-state index in [-0.39, 0.29) is 0 Å². The Kier molecular flexibility index (Phi) is 5.84. The van der Waals surface area contributed by atoms with Crippen molar-refractivity contribution >= 4 is 6.41 Å². The summed E-state index contributed by atoms with van der Waals surface area (Å²) < 4.78 is 0. The third-order valence-electron chi connectivity index (χ3n) is 1.64. The summed E-state index contributed by atoms with van der Waals surface area (Å²) in [6.07, 6.45) is 1.94. The van der Waals surface area contributed by atoms with Gasteiger partial charge in [-0.2, -0.15) is 0 Å². The van der Waals surface area contributed by atoms with Crippen LogP contribution in [0.4, 0.5) is 0 Å². The summed E-state index contributed by atoms with van der Waals surface area (Å²) in [6, 6.07) is 0.323. The van der Waals surface area contributed by atoms with Crippen LogP contribution in [-0.4, -0.2) is 37.5 Å². The second-order valence-electron chi connectivity index (χ2n) is 2.89. The fourth-order valence-corrected chi connectivity index (χ4v) is 0.871. The molecule has 0 unspecified atom stereocenters. The van der Waals surface area contributed by atoms with Crippen LogP contribution >= 0.6 is 0 Å². The van der Waals surface area contributed by atoms with Gasteiger partial charge >= 0.3 is 0 Å². The number of nitrogens with zero attached hydrogens (tertiary/aromatic N) is 1. The van der Waals surface area contributed by atoms with Gasteiger partial charge in [0.25, 0.3) is 0 Å². The summed E-state index contributed by atoms with van der Waals surface area (Å²) >= 11 is 0. The van der Waals surface area contributed by atoms with E-state index < -0.39 is 0 Å². The van der Waals surface area contributed by atoms with E-state index in [9.17, 15) is 4.79 Å². The third-order valence-corrected chi connectivity index (χ3v) is 1.64. The first-order chi connectivity index (χ1) is 5.22. The van der Waals surface area contributed by atoms with Gasteiger partial charge in [-0.05, 0) is 33.9 Å². The fourth-order valence-electron chi connectivity index (χ4n) is 0.871. The molecule has 1 N–H and O–H groups in total. The molecule has 0 heterocycles. The maximum Gasteiger partial charge on any atom is 0.209 e. The number of carbonyl (C=O) groups excluding carboxylic acids is 1. The smallest absolute Gasteiger partial charge is 0.209 e. The normalized spacial score (nSPS) is 10.2. The number of carbonyl (C=O) groups is 1. The van der Waals surface area contributed by atoms with Crippen LogP contribution in [0.15, 0.2) is 0 Å². The van der Waals surface area contributed by atoms with Crippen molar-refractivity contribution in [1.82, 2.24) is 10.2 Å². The molecule has 0 radical (unpaired) electrons. The minimum Gasteiger partial charge on any atom is -0.343 e. The highest BCUT2D eigenvalue weighted by Crippen LogP contribution is 1.94. The van der Waals surface area contributed by atoms with Gasteiger partial charge in [0.15, 0.2) is 0 Å². The first kappa shape index (κ1) is 10.4. The molecule has 0 aliphatic rings. The Bertz CT molecular complexity index is 104. The molecule has 0 saturated carbocycles. The molecule has 1 amide bonds. The van der Waals surface area contributed by atoms with Crippen molar-refractivity contribution in [2.75, 3.05) is 20.1 Å². The zero-order chi connectivity index (χ0) is 8.69. The highest BCUT2D eigenvalue weighted by Gasteiger charge is 2.03. The molecular weight excluding hydrogens is 140 g/mol.